The number of anilines is 2. The molecule has 4 nitrogen and oxygen atoms in total. The minimum absolute atomic E-state index is 0.237. The highest BCUT2D eigenvalue weighted by atomic mass is 15.1. The first kappa shape index (κ1) is 14.7. The maximum absolute atomic E-state index is 4.56. The molecule has 0 saturated carbocycles. The molecule has 0 aliphatic heterocycles. The van der Waals surface area contributed by atoms with Crippen molar-refractivity contribution in [3.63, 3.8) is 0 Å². The first-order valence-electron chi connectivity index (χ1n) is 6.68. The molecule has 2 N–H and O–H groups in total. The van der Waals surface area contributed by atoms with Gasteiger partial charge >= 0.3 is 0 Å². The van der Waals surface area contributed by atoms with E-state index in [0.717, 1.165) is 30.5 Å². The van der Waals surface area contributed by atoms with Crippen molar-refractivity contribution in [2.45, 2.75) is 47.5 Å². The topological polar surface area (TPSA) is 49.8 Å². The van der Waals surface area contributed by atoms with Crippen LogP contribution < -0.4 is 10.6 Å². The molecule has 0 radical (unpaired) electrons. The summed E-state index contributed by atoms with van der Waals surface area (Å²) in [6.45, 7) is 14.7. The molecule has 0 saturated heterocycles. The predicted octanol–water partition coefficient (Wildman–Crippen LogP) is 3.49. The van der Waals surface area contributed by atoms with Crippen LogP contribution in [0, 0.1) is 5.41 Å². The molecule has 0 aliphatic carbocycles. The minimum atomic E-state index is 0.237. The lowest BCUT2D eigenvalue weighted by molar-refractivity contribution is 0.442. The Bertz CT molecular complexity index is 380. The number of nitrogens with one attached hydrogen (secondary N) is 2. The zero-order chi connectivity index (χ0) is 13.8. The van der Waals surface area contributed by atoms with Gasteiger partial charge in [-0.15, -0.1) is 0 Å². The molecule has 102 valence electrons. The van der Waals surface area contributed by atoms with Crippen molar-refractivity contribution < 1.29 is 0 Å². The van der Waals surface area contributed by atoms with Crippen LogP contribution in [-0.4, -0.2) is 23.1 Å². The Morgan fingerprint density at radius 2 is 1.67 bits per heavy atom. The van der Waals surface area contributed by atoms with Crippen molar-refractivity contribution in [1.82, 2.24) is 9.97 Å². The first-order valence-corrected chi connectivity index (χ1v) is 6.68. The summed E-state index contributed by atoms with van der Waals surface area (Å²) >= 11 is 0. The molecule has 0 spiro atoms. The maximum Gasteiger partial charge on any atom is 0.135 e. The van der Waals surface area contributed by atoms with Crippen molar-refractivity contribution in [2.24, 2.45) is 5.41 Å². The third kappa shape index (κ3) is 4.90. The lowest BCUT2D eigenvalue weighted by Gasteiger charge is -2.20. The van der Waals surface area contributed by atoms with Gasteiger partial charge in [-0.1, -0.05) is 34.6 Å². The highest BCUT2D eigenvalue weighted by Crippen LogP contribution is 2.19. The molecular weight excluding hydrogens is 224 g/mol. The highest BCUT2D eigenvalue weighted by Gasteiger charge is 2.12. The monoisotopic (exact) mass is 250 g/mol. The molecule has 1 aromatic rings. The SMILES string of the molecule is CCNc1cc(NCC(C)(C)C)nc(C(C)C)n1. The van der Waals surface area contributed by atoms with Crippen LogP contribution in [0.4, 0.5) is 11.6 Å². The van der Waals surface area contributed by atoms with Crippen LogP contribution in [0.2, 0.25) is 0 Å². The van der Waals surface area contributed by atoms with E-state index in [-0.39, 0.29) is 5.41 Å². The van der Waals surface area contributed by atoms with E-state index in [2.05, 4.69) is 62.1 Å². The van der Waals surface area contributed by atoms with E-state index >= 15 is 0 Å². The van der Waals surface area contributed by atoms with Gasteiger partial charge in [0.1, 0.15) is 17.5 Å². The quantitative estimate of drug-likeness (QED) is 0.840. The number of hydrogen-bond acceptors (Lipinski definition) is 4. The smallest absolute Gasteiger partial charge is 0.135 e. The van der Waals surface area contributed by atoms with Gasteiger partial charge in [0.25, 0.3) is 0 Å². The summed E-state index contributed by atoms with van der Waals surface area (Å²) in [6, 6.07) is 1.97. The van der Waals surface area contributed by atoms with Gasteiger partial charge in [0, 0.05) is 25.1 Å². The van der Waals surface area contributed by atoms with Crippen LogP contribution in [0.5, 0.6) is 0 Å². The van der Waals surface area contributed by atoms with E-state index in [1.165, 1.54) is 0 Å². The number of nitrogens with zero attached hydrogens (tertiary/aromatic N) is 2. The Kier molecular flexibility index (Phi) is 4.93. The van der Waals surface area contributed by atoms with Crippen molar-refractivity contribution in [3.05, 3.63) is 11.9 Å². The molecule has 0 aromatic carbocycles. The Balaban J connectivity index is 2.89. The molecule has 18 heavy (non-hydrogen) atoms. The van der Waals surface area contributed by atoms with Crippen molar-refractivity contribution in [1.29, 1.82) is 0 Å². The van der Waals surface area contributed by atoms with Crippen LogP contribution in [0.3, 0.4) is 0 Å². The van der Waals surface area contributed by atoms with Crippen LogP contribution in [0.25, 0.3) is 0 Å². The van der Waals surface area contributed by atoms with Gasteiger partial charge < -0.3 is 10.6 Å². The first-order chi connectivity index (χ1) is 8.31. The molecule has 1 aromatic heterocycles. The lowest BCUT2D eigenvalue weighted by Crippen LogP contribution is -2.20. The standard InChI is InChI=1S/C14H26N4/c1-7-15-11-8-12(16-9-14(4,5)6)18-13(17-11)10(2)3/h8,10H,7,9H2,1-6H3,(H2,15,16,17,18). The lowest BCUT2D eigenvalue weighted by atomic mass is 9.97. The van der Waals surface area contributed by atoms with Crippen molar-refractivity contribution in [2.75, 3.05) is 23.7 Å². The molecule has 1 heterocycles. The molecular formula is C14H26N4. The third-order valence-electron chi connectivity index (χ3n) is 2.42. The summed E-state index contributed by atoms with van der Waals surface area (Å²) in [7, 11) is 0. The van der Waals surface area contributed by atoms with E-state index in [0.29, 0.717) is 5.92 Å². The van der Waals surface area contributed by atoms with Gasteiger partial charge in [-0.2, -0.15) is 0 Å². The summed E-state index contributed by atoms with van der Waals surface area (Å²) in [5.74, 6) is 3.01. The second kappa shape index (κ2) is 6.03. The van der Waals surface area contributed by atoms with E-state index in [1.54, 1.807) is 0 Å². The summed E-state index contributed by atoms with van der Waals surface area (Å²) < 4.78 is 0. The fraction of sp³-hybridized carbons (Fsp3) is 0.714. The van der Waals surface area contributed by atoms with E-state index in [4.69, 9.17) is 0 Å². The van der Waals surface area contributed by atoms with Crippen molar-refractivity contribution >= 4 is 11.6 Å². The fourth-order valence-corrected chi connectivity index (χ4v) is 1.44. The summed E-state index contributed by atoms with van der Waals surface area (Å²) in [5.41, 5.74) is 0.237. The zero-order valence-electron chi connectivity index (χ0n) is 12.5. The van der Waals surface area contributed by atoms with Gasteiger partial charge in [-0.3, -0.25) is 0 Å². The Hall–Kier alpha value is -1.32. The Labute approximate surface area is 111 Å². The van der Waals surface area contributed by atoms with E-state index in [9.17, 15) is 0 Å². The zero-order valence-corrected chi connectivity index (χ0v) is 12.5. The second-order valence-electron chi connectivity index (χ2n) is 6.10. The molecule has 0 fully saturated rings. The van der Waals surface area contributed by atoms with Gasteiger partial charge in [0.2, 0.25) is 0 Å². The molecule has 4 heteroatoms. The van der Waals surface area contributed by atoms with Crippen LogP contribution in [-0.2, 0) is 0 Å². The number of hydrogen-bond donors (Lipinski definition) is 2. The van der Waals surface area contributed by atoms with Crippen LogP contribution in [0.1, 0.15) is 53.3 Å². The van der Waals surface area contributed by atoms with Crippen LogP contribution >= 0.6 is 0 Å². The molecule has 0 unspecified atom stereocenters. The Morgan fingerprint density at radius 3 is 2.11 bits per heavy atom. The molecule has 1 rings (SSSR count). The van der Waals surface area contributed by atoms with Crippen molar-refractivity contribution in [3.8, 4) is 0 Å². The van der Waals surface area contributed by atoms with E-state index in [1.807, 2.05) is 6.07 Å². The molecule has 0 aliphatic rings. The maximum atomic E-state index is 4.56. The van der Waals surface area contributed by atoms with Gasteiger partial charge in [-0.05, 0) is 12.3 Å². The Morgan fingerprint density at radius 1 is 1.11 bits per heavy atom. The summed E-state index contributed by atoms with van der Waals surface area (Å²) in [6.07, 6.45) is 0. The highest BCUT2D eigenvalue weighted by molar-refractivity contribution is 5.47. The predicted molar refractivity (Wildman–Crippen MR) is 78.2 cm³/mol. The minimum Gasteiger partial charge on any atom is -0.370 e. The molecule has 0 amide bonds. The van der Waals surface area contributed by atoms with Gasteiger partial charge in [0.15, 0.2) is 0 Å². The average Bonchev–Trinajstić information content (AvgIpc) is 2.25. The summed E-state index contributed by atoms with van der Waals surface area (Å²) in [4.78, 5) is 9.06. The normalized spacial score (nSPS) is 11.7. The van der Waals surface area contributed by atoms with Crippen LogP contribution in [0.15, 0.2) is 6.07 Å². The van der Waals surface area contributed by atoms with Gasteiger partial charge in [-0.25, -0.2) is 9.97 Å². The molecule has 0 atom stereocenters. The third-order valence-corrected chi connectivity index (χ3v) is 2.42. The fourth-order valence-electron chi connectivity index (χ4n) is 1.44. The summed E-state index contributed by atoms with van der Waals surface area (Å²) in [5, 5.41) is 6.64. The second-order valence-corrected chi connectivity index (χ2v) is 6.10. The van der Waals surface area contributed by atoms with Gasteiger partial charge in [0.05, 0.1) is 0 Å². The molecule has 0 bridgehead atoms. The largest absolute Gasteiger partial charge is 0.370 e. The average molecular weight is 250 g/mol. The number of rotatable bonds is 5. The number of aromatic nitrogens is 2. The van der Waals surface area contributed by atoms with E-state index < -0.39 is 0 Å².